The topological polar surface area (TPSA) is 182 Å². The maximum Gasteiger partial charge on any atom is 0.459 e. The highest BCUT2D eigenvalue weighted by Crippen LogP contribution is 2.46. The zero-order valence-electron chi connectivity index (χ0n) is 20.8. The molecule has 204 valence electrons. The largest absolute Gasteiger partial charge is 0.497 e. The smallest absolute Gasteiger partial charge is 0.459 e. The number of nitrogens with one attached hydrogen (secondary N) is 2. The van der Waals surface area contributed by atoms with Gasteiger partial charge in [-0.2, -0.15) is 5.09 Å². The number of methoxy groups -OCH3 is 1. The highest BCUT2D eigenvalue weighted by atomic mass is 31.2. The fourth-order valence-corrected chi connectivity index (χ4v) is 5.05. The number of hydrogen-bond acceptors (Lipinski definition) is 11. The average Bonchev–Trinajstić information content (AvgIpc) is 2.82. The minimum Gasteiger partial charge on any atom is -0.497 e. The lowest BCUT2D eigenvalue weighted by Crippen LogP contribution is -2.64. The van der Waals surface area contributed by atoms with E-state index < -0.39 is 62.9 Å². The average molecular weight is 534 g/mol. The van der Waals surface area contributed by atoms with Crippen LogP contribution in [-0.4, -0.2) is 84.2 Å². The Bertz CT molecular complexity index is 914. The van der Waals surface area contributed by atoms with Crippen molar-refractivity contribution >= 4 is 19.6 Å². The summed E-state index contributed by atoms with van der Waals surface area (Å²) < 4.78 is 40.3. The van der Waals surface area contributed by atoms with Crippen molar-refractivity contribution in [3.63, 3.8) is 0 Å². The molecule has 7 atom stereocenters. The number of carbonyl (C=O) groups excluding carboxylic acids is 2. The van der Waals surface area contributed by atoms with Crippen LogP contribution in [-0.2, 0) is 28.2 Å². The summed E-state index contributed by atoms with van der Waals surface area (Å²) in [6, 6.07) is 3.71. The van der Waals surface area contributed by atoms with E-state index in [9.17, 15) is 29.5 Å². The number of hydrogen-bond donors (Lipinski definition) is 5. The molecule has 1 aromatic carbocycles. The lowest BCUT2D eigenvalue weighted by molar-refractivity contribution is -0.252. The van der Waals surface area contributed by atoms with Crippen LogP contribution >= 0.6 is 7.75 Å². The number of aliphatic hydroxyl groups is 3. The maximum absolute atomic E-state index is 13.8. The fraction of sp³-hybridized carbons (Fsp3) is 0.636. The fourth-order valence-electron chi connectivity index (χ4n) is 3.39. The summed E-state index contributed by atoms with van der Waals surface area (Å²) in [7, 11) is -2.86. The van der Waals surface area contributed by atoms with Gasteiger partial charge in [0, 0.05) is 6.92 Å². The van der Waals surface area contributed by atoms with Crippen molar-refractivity contribution in [1.82, 2.24) is 10.4 Å². The van der Waals surface area contributed by atoms with E-state index in [4.69, 9.17) is 23.3 Å². The first-order valence-corrected chi connectivity index (χ1v) is 12.9. The molecule has 2 unspecified atom stereocenters. The number of aliphatic hydroxyl groups excluding tert-OH is 3. The predicted molar refractivity (Wildman–Crippen MR) is 126 cm³/mol. The molecule has 1 aliphatic rings. The van der Waals surface area contributed by atoms with E-state index in [1.807, 2.05) is 0 Å². The Labute approximate surface area is 209 Å². The van der Waals surface area contributed by atoms with Crippen molar-refractivity contribution in [2.24, 2.45) is 5.92 Å². The van der Waals surface area contributed by atoms with Gasteiger partial charge < -0.3 is 39.4 Å². The molecule has 1 aliphatic heterocycles. The third kappa shape index (κ3) is 8.13. The lowest BCUT2D eigenvalue weighted by Gasteiger charge is -2.40. The summed E-state index contributed by atoms with van der Waals surface area (Å²) in [4.78, 5) is 23.8. The molecule has 36 heavy (non-hydrogen) atoms. The molecular formula is C22H35N2O11P. The number of ether oxygens (including phenoxy) is 3. The van der Waals surface area contributed by atoms with E-state index >= 15 is 0 Å². The summed E-state index contributed by atoms with van der Waals surface area (Å²) >= 11 is 0. The molecule has 14 heteroatoms. The lowest BCUT2D eigenvalue weighted by atomic mass is 9.97. The molecule has 2 rings (SSSR count). The van der Waals surface area contributed by atoms with E-state index in [1.165, 1.54) is 26.2 Å². The van der Waals surface area contributed by atoms with Crippen molar-refractivity contribution in [2.75, 3.05) is 20.3 Å². The Morgan fingerprint density at radius 3 is 2.25 bits per heavy atom. The van der Waals surface area contributed by atoms with Gasteiger partial charge in [-0.3, -0.25) is 14.1 Å². The van der Waals surface area contributed by atoms with E-state index in [2.05, 4.69) is 10.4 Å². The standard InChI is InChI=1S/C22H35N2O11P/c1-6-32-21(28)17(12(2)3)24-36(30,35-15-9-7-14(31-5)8-10-15)33-11-16-19(26)20(27)18(22(29)34-16)23-13(4)25/h7-10,12,16-20,22,26-27,29H,6,11H2,1-5H3,(H,23,25)(H,24,30)/t16-,17+,18-,19-,20-,22?,36?/m1/s1. The van der Waals surface area contributed by atoms with Gasteiger partial charge in [-0.15, -0.1) is 0 Å². The monoisotopic (exact) mass is 534 g/mol. The zero-order chi connectivity index (χ0) is 27.0. The Morgan fingerprint density at radius 1 is 1.11 bits per heavy atom. The SMILES string of the molecule is CCOC(=O)[C@@H](NP(=O)(OC[C@H]1OC(O)[C@H](NC(C)=O)[C@@H](O)[C@@H]1O)Oc1ccc(OC)cc1)C(C)C. The van der Waals surface area contributed by atoms with Gasteiger partial charge in [0.15, 0.2) is 6.29 Å². The zero-order valence-corrected chi connectivity index (χ0v) is 21.7. The molecule has 0 saturated carbocycles. The van der Waals surface area contributed by atoms with Gasteiger partial charge in [0.05, 0.1) is 20.3 Å². The number of esters is 1. The minimum absolute atomic E-state index is 0.0988. The van der Waals surface area contributed by atoms with Crippen LogP contribution in [0.1, 0.15) is 27.7 Å². The van der Waals surface area contributed by atoms with Crippen molar-refractivity contribution in [2.45, 2.75) is 64.4 Å². The number of rotatable bonds is 12. The Morgan fingerprint density at radius 2 is 1.72 bits per heavy atom. The van der Waals surface area contributed by atoms with E-state index in [-0.39, 0.29) is 18.3 Å². The molecule has 0 radical (unpaired) electrons. The quantitative estimate of drug-likeness (QED) is 0.183. The van der Waals surface area contributed by atoms with Crippen LogP contribution in [0.15, 0.2) is 24.3 Å². The van der Waals surface area contributed by atoms with Crippen molar-refractivity contribution in [3.8, 4) is 11.5 Å². The second kappa shape index (κ2) is 13.3. The second-order valence-corrected chi connectivity index (χ2v) is 10.1. The molecule has 1 aromatic rings. The Kier molecular flexibility index (Phi) is 11.1. The number of carbonyl (C=O) groups is 2. The van der Waals surface area contributed by atoms with Gasteiger partial charge in [-0.05, 0) is 37.1 Å². The van der Waals surface area contributed by atoms with Gasteiger partial charge in [0.25, 0.3) is 0 Å². The molecule has 0 aromatic heterocycles. The summed E-state index contributed by atoms with van der Waals surface area (Å²) in [5.41, 5.74) is 0. The van der Waals surface area contributed by atoms with E-state index in [0.29, 0.717) is 5.75 Å². The van der Waals surface area contributed by atoms with Crippen LogP contribution in [0.4, 0.5) is 0 Å². The molecule has 13 nitrogen and oxygen atoms in total. The molecule has 0 bridgehead atoms. The molecule has 0 spiro atoms. The van der Waals surface area contributed by atoms with Crippen LogP contribution in [0.3, 0.4) is 0 Å². The third-order valence-corrected chi connectivity index (χ3v) is 6.82. The molecule has 1 fully saturated rings. The highest BCUT2D eigenvalue weighted by Gasteiger charge is 2.46. The summed E-state index contributed by atoms with van der Waals surface area (Å²) in [5.74, 6) is -0.961. The molecule has 1 amide bonds. The highest BCUT2D eigenvalue weighted by molar-refractivity contribution is 7.52. The first kappa shape index (κ1) is 30.0. The molecule has 5 N–H and O–H groups in total. The van der Waals surface area contributed by atoms with Crippen molar-refractivity contribution < 1.29 is 52.7 Å². The van der Waals surface area contributed by atoms with Crippen LogP contribution < -0.4 is 19.7 Å². The Balaban J connectivity index is 2.24. The second-order valence-electron chi connectivity index (χ2n) is 8.44. The van der Waals surface area contributed by atoms with Crippen molar-refractivity contribution in [1.29, 1.82) is 0 Å². The maximum atomic E-state index is 13.8. The van der Waals surface area contributed by atoms with Crippen LogP contribution in [0.25, 0.3) is 0 Å². The van der Waals surface area contributed by atoms with Crippen LogP contribution in [0.5, 0.6) is 11.5 Å². The normalized spacial score (nSPS) is 26.5. The summed E-state index contributed by atoms with van der Waals surface area (Å²) in [6.07, 6.45) is -6.26. The van der Waals surface area contributed by atoms with E-state index in [1.54, 1.807) is 32.9 Å². The van der Waals surface area contributed by atoms with Gasteiger partial charge in [0.1, 0.15) is 41.9 Å². The first-order valence-electron chi connectivity index (χ1n) is 11.4. The minimum atomic E-state index is -4.34. The molecular weight excluding hydrogens is 499 g/mol. The van der Waals surface area contributed by atoms with Gasteiger partial charge in [-0.1, -0.05) is 13.8 Å². The molecule has 1 heterocycles. The first-order chi connectivity index (χ1) is 16.9. The van der Waals surface area contributed by atoms with Crippen LogP contribution in [0.2, 0.25) is 0 Å². The third-order valence-electron chi connectivity index (χ3n) is 5.29. The molecule has 1 saturated heterocycles. The van der Waals surface area contributed by atoms with Gasteiger partial charge in [-0.25, -0.2) is 4.57 Å². The van der Waals surface area contributed by atoms with Crippen molar-refractivity contribution in [3.05, 3.63) is 24.3 Å². The van der Waals surface area contributed by atoms with Gasteiger partial charge in [0.2, 0.25) is 5.91 Å². The predicted octanol–water partition coefficient (Wildman–Crippen LogP) is 0.320. The summed E-state index contributed by atoms with van der Waals surface area (Å²) in [5, 5.41) is 35.9. The number of amides is 1. The van der Waals surface area contributed by atoms with Gasteiger partial charge >= 0.3 is 13.7 Å². The van der Waals surface area contributed by atoms with E-state index in [0.717, 1.165) is 0 Å². The Hall–Kier alpha value is -2.25. The molecule has 0 aliphatic carbocycles. The van der Waals surface area contributed by atoms with Crippen LogP contribution in [0, 0.1) is 5.92 Å². The summed E-state index contributed by atoms with van der Waals surface area (Å²) in [6.45, 7) is 5.70. The number of benzene rings is 1.